The highest BCUT2D eigenvalue weighted by molar-refractivity contribution is 5.95. The first-order chi connectivity index (χ1) is 10.3. The van der Waals surface area contributed by atoms with Crippen molar-refractivity contribution in [2.45, 2.75) is 6.10 Å². The SMILES string of the molecule is [O-]N1CC(=Cc2ncn[nH]2)c2c(OCC3CO3)cccc21. The van der Waals surface area contributed by atoms with Gasteiger partial charge < -0.3 is 19.7 Å². The number of hydroxylamine groups is 1. The van der Waals surface area contributed by atoms with Crippen LogP contribution in [0, 0.1) is 5.21 Å². The third kappa shape index (κ3) is 2.37. The van der Waals surface area contributed by atoms with Gasteiger partial charge in [0.15, 0.2) is 0 Å². The van der Waals surface area contributed by atoms with Gasteiger partial charge in [-0.2, -0.15) is 5.10 Å². The molecule has 1 aromatic carbocycles. The third-order valence-electron chi connectivity index (χ3n) is 3.48. The number of anilines is 1. The van der Waals surface area contributed by atoms with Crippen molar-refractivity contribution in [1.82, 2.24) is 15.2 Å². The molecular formula is C14H13N4O3-. The van der Waals surface area contributed by atoms with Crippen LogP contribution in [0.1, 0.15) is 11.4 Å². The molecule has 7 nitrogen and oxygen atoms in total. The molecule has 2 aliphatic heterocycles. The van der Waals surface area contributed by atoms with Crippen LogP contribution in [0.25, 0.3) is 11.6 Å². The highest BCUT2D eigenvalue weighted by Crippen LogP contribution is 2.42. The Labute approximate surface area is 120 Å². The standard InChI is InChI=1S/C14H13N4O3/c19-18-5-9(4-13-15-8-16-17-13)14-11(18)2-1-3-12(14)21-7-10-6-20-10/h1-4,8,10H,5-7H2,(H,15,16,17)/q-1. The molecule has 108 valence electrons. The van der Waals surface area contributed by atoms with Crippen LogP contribution in [-0.2, 0) is 4.74 Å². The molecule has 1 unspecified atom stereocenters. The van der Waals surface area contributed by atoms with E-state index in [0.717, 1.165) is 22.8 Å². The molecule has 0 aliphatic carbocycles. The summed E-state index contributed by atoms with van der Waals surface area (Å²) in [6.45, 7) is 1.52. The Bertz CT molecular complexity index is 680. The largest absolute Gasteiger partial charge is 0.758 e. The maximum absolute atomic E-state index is 12.1. The maximum Gasteiger partial charge on any atom is 0.148 e. The maximum atomic E-state index is 12.1. The van der Waals surface area contributed by atoms with Gasteiger partial charge in [-0.1, -0.05) is 6.07 Å². The van der Waals surface area contributed by atoms with Gasteiger partial charge in [0.1, 0.15) is 30.6 Å². The fourth-order valence-corrected chi connectivity index (χ4v) is 2.40. The molecule has 0 bridgehead atoms. The fourth-order valence-electron chi connectivity index (χ4n) is 2.40. The van der Waals surface area contributed by atoms with Gasteiger partial charge in [0.25, 0.3) is 0 Å². The third-order valence-corrected chi connectivity index (χ3v) is 3.48. The lowest BCUT2D eigenvalue weighted by Gasteiger charge is -2.24. The molecule has 2 aliphatic rings. The molecule has 1 saturated heterocycles. The Morgan fingerprint density at radius 2 is 2.43 bits per heavy atom. The number of hydrogen-bond acceptors (Lipinski definition) is 6. The molecule has 7 heteroatoms. The molecule has 1 N–H and O–H groups in total. The minimum Gasteiger partial charge on any atom is -0.758 e. The van der Waals surface area contributed by atoms with Crippen LogP contribution in [0.15, 0.2) is 24.5 Å². The van der Waals surface area contributed by atoms with Gasteiger partial charge in [-0.25, -0.2) is 4.98 Å². The first kappa shape index (κ1) is 12.4. The van der Waals surface area contributed by atoms with Crippen LogP contribution in [0.2, 0.25) is 0 Å². The van der Waals surface area contributed by atoms with Crippen LogP contribution in [-0.4, -0.2) is 41.0 Å². The van der Waals surface area contributed by atoms with Crippen molar-refractivity contribution in [2.24, 2.45) is 0 Å². The Hall–Kier alpha value is -2.38. The molecule has 4 rings (SSSR count). The van der Waals surface area contributed by atoms with Crippen LogP contribution in [0.5, 0.6) is 5.75 Å². The zero-order valence-electron chi connectivity index (χ0n) is 11.2. The number of rotatable bonds is 4. The number of epoxide rings is 1. The molecule has 1 atom stereocenters. The molecule has 3 heterocycles. The lowest BCUT2D eigenvalue weighted by atomic mass is 10.1. The van der Waals surface area contributed by atoms with E-state index in [4.69, 9.17) is 9.47 Å². The number of ether oxygens (including phenoxy) is 2. The molecular weight excluding hydrogens is 272 g/mol. The van der Waals surface area contributed by atoms with E-state index in [0.29, 0.717) is 23.9 Å². The zero-order chi connectivity index (χ0) is 14.2. The fraction of sp³-hybridized carbons (Fsp3) is 0.286. The summed E-state index contributed by atoms with van der Waals surface area (Å²) < 4.78 is 10.9. The average molecular weight is 285 g/mol. The Balaban J connectivity index is 1.71. The van der Waals surface area contributed by atoms with E-state index in [9.17, 15) is 5.21 Å². The van der Waals surface area contributed by atoms with Gasteiger partial charge in [-0.15, -0.1) is 0 Å². The molecule has 0 spiro atoms. The van der Waals surface area contributed by atoms with Crippen molar-refractivity contribution in [3.05, 3.63) is 41.1 Å². The van der Waals surface area contributed by atoms with Crippen molar-refractivity contribution in [3.63, 3.8) is 0 Å². The number of fused-ring (bicyclic) bond motifs is 1. The van der Waals surface area contributed by atoms with E-state index >= 15 is 0 Å². The highest BCUT2D eigenvalue weighted by atomic mass is 16.6. The first-order valence-electron chi connectivity index (χ1n) is 6.69. The van der Waals surface area contributed by atoms with Crippen LogP contribution < -0.4 is 9.80 Å². The average Bonchev–Trinajstić information content (AvgIpc) is 3.08. The van der Waals surface area contributed by atoms with Gasteiger partial charge in [0.2, 0.25) is 0 Å². The number of nitrogens with zero attached hydrogens (tertiary/aromatic N) is 3. The van der Waals surface area contributed by atoms with Crippen molar-refractivity contribution in [2.75, 3.05) is 24.8 Å². The smallest absolute Gasteiger partial charge is 0.148 e. The predicted molar refractivity (Wildman–Crippen MR) is 76.6 cm³/mol. The minimum absolute atomic E-state index is 0.173. The van der Waals surface area contributed by atoms with Gasteiger partial charge in [0.05, 0.1) is 6.61 Å². The van der Waals surface area contributed by atoms with Crippen molar-refractivity contribution < 1.29 is 9.47 Å². The van der Waals surface area contributed by atoms with E-state index in [-0.39, 0.29) is 12.6 Å². The summed E-state index contributed by atoms with van der Waals surface area (Å²) in [7, 11) is 0. The summed E-state index contributed by atoms with van der Waals surface area (Å²) in [6.07, 6.45) is 3.43. The molecule has 0 radical (unpaired) electrons. The second-order valence-electron chi connectivity index (χ2n) is 4.99. The van der Waals surface area contributed by atoms with Gasteiger partial charge in [0, 0.05) is 17.8 Å². The van der Waals surface area contributed by atoms with E-state index in [1.165, 1.54) is 6.33 Å². The van der Waals surface area contributed by atoms with Crippen molar-refractivity contribution in [3.8, 4) is 5.75 Å². The quantitative estimate of drug-likeness (QED) is 0.855. The lowest BCUT2D eigenvalue weighted by Crippen LogP contribution is -2.09. The van der Waals surface area contributed by atoms with E-state index in [1.54, 1.807) is 6.07 Å². The number of H-pyrrole nitrogens is 1. The van der Waals surface area contributed by atoms with Crippen molar-refractivity contribution in [1.29, 1.82) is 0 Å². The van der Waals surface area contributed by atoms with E-state index in [1.807, 2.05) is 18.2 Å². The van der Waals surface area contributed by atoms with E-state index in [2.05, 4.69) is 15.2 Å². The number of nitrogens with one attached hydrogen (secondary N) is 1. The molecule has 2 aromatic rings. The van der Waals surface area contributed by atoms with Gasteiger partial charge >= 0.3 is 0 Å². The molecule has 0 amide bonds. The van der Waals surface area contributed by atoms with E-state index < -0.39 is 0 Å². The Morgan fingerprint density at radius 3 is 3.19 bits per heavy atom. The monoisotopic (exact) mass is 285 g/mol. The lowest BCUT2D eigenvalue weighted by molar-refractivity contribution is 0.262. The van der Waals surface area contributed by atoms with Gasteiger partial charge in [-0.05, 0) is 23.8 Å². The molecule has 21 heavy (non-hydrogen) atoms. The van der Waals surface area contributed by atoms with Crippen LogP contribution in [0.4, 0.5) is 5.69 Å². The number of aromatic nitrogens is 3. The zero-order valence-corrected chi connectivity index (χ0v) is 11.2. The number of hydrogen-bond donors (Lipinski definition) is 1. The first-order valence-corrected chi connectivity index (χ1v) is 6.69. The summed E-state index contributed by atoms with van der Waals surface area (Å²) in [6, 6.07) is 5.49. The summed E-state index contributed by atoms with van der Waals surface area (Å²) in [5.41, 5.74) is 2.31. The predicted octanol–water partition coefficient (Wildman–Crippen LogP) is 1.44. The summed E-state index contributed by atoms with van der Waals surface area (Å²) >= 11 is 0. The summed E-state index contributed by atoms with van der Waals surface area (Å²) in [5, 5.41) is 19.6. The summed E-state index contributed by atoms with van der Waals surface area (Å²) in [4.78, 5) is 4.07. The second-order valence-corrected chi connectivity index (χ2v) is 4.99. The topological polar surface area (TPSA) is 89.6 Å². The van der Waals surface area contributed by atoms with Crippen molar-refractivity contribution >= 4 is 17.3 Å². The van der Waals surface area contributed by atoms with Crippen LogP contribution >= 0.6 is 0 Å². The number of aromatic amines is 1. The Kier molecular flexibility index (Phi) is 2.87. The van der Waals surface area contributed by atoms with Gasteiger partial charge in [-0.3, -0.25) is 5.10 Å². The molecule has 0 saturated carbocycles. The second kappa shape index (κ2) is 4.87. The minimum atomic E-state index is 0.173. The number of benzene rings is 1. The van der Waals surface area contributed by atoms with Crippen LogP contribution in [0.3, 0.4) is 0 Å². The Morgan fingerprint density at radius 1 is 1.52 bits per heavy atom. The molecule has 1 aromatic heterocycles. The normalized spacial score (nSPS) is 21.7. The molecule has 1 fully saturated rings. The summed E-state index contributed by atoms with van der Waals surface area (Å²) in [5.74, 6) is 1.32. The highest BCUT2D eigenvalue weighted by Gasteiger charge is 2.26.